The molecule has 3 N–H and O–H groups in total. The Kier molecular flexibility index (Phi) is 7.73. The predicted molar refractivity (Wildman–Crippen MR) is 106 cm³/mol. The molecule has 2 aromatic rings. The van der Waals surface area contributed by atoms with E-state index >= 15 is 0 Å². The first-order chi connectivity index (χ1) is 13.3. The summed E-state index contributed by atoms with van der Waals surface area (Å²) in [5.74, 6) is -0.637. The minimum absolute atomic E-state index is 0.104. The molecule has 0 aliphatic rings. The molecule has 0 saturated heterocycles. The predicted octanol–water partition coefficient (Wildman–Crippen LogP) is 0.366. The van der Waals surface area contributed by atoms with Gasteiger partial charge in [-0.15, -0.1) is 0 Å². The zero-order chi connectivity index (χ0) is 20.6. The van der Waals surface area contributed by atoms with Crippen molar-refractivity contribution in [3.05, 3.63) is 64.1 Å². The van der Waals surface area contributed by atoms with Gasteiger partial charge in [0.2, 0.25) is 15.9 Å². The highest BCUT2D eigenvalue weighted by Crippen LogP contribution is 2.10. The Balaban J connectivity index is 2.11. The summed E-state index contributed by atoms with van der Waals surface area (Å²) in [7, 11) is -2.17. The maximum absolute atomic E-state index is 12.7. The first kappa shape index (κ1) is 21.6. The molecule has 2 rings (SSSR count). The number of aromatic nitrogens is 1. The van der Waals surface area contributed by atoms with E-state index in [1.807, 2.05) is 0 Å². The number of hydrogen-bond donors (Lipinski definition) is 3. The Morgan fingerprint density at radius 1 is 1.14 bits per heavy atom. The van der Waals surface area contributed by atoms with Crippen molar-refractivity contribution < 1.29 is 18.0 Å². The van der Waals surface area contributed by atoms with Crippen LogP contribution in [0.5, 0.6) is 0 Å². The summed E-state index contributed by atoms with van der Waals surface area (Å²) < 4.78 is 28.3. The maximum Gasteiger partial charge on any atom is 0.275 e. The number of nitrogens with one attached hydrogen (secondary N) is 3. The SMILES string of the molecule is CNOCCNC(=O)Cn1c(C)ccc(NS(=O)(=O)Cc2ccccc2)c1=O. The lowest BCUT2D eigenvalue weighted by Gasteiger charge is -2.13. The van der Waals surface area contributed by atoms with Crippen LogP contribution < -0.4 is 21.1 Å². The van der Waals surface area contributed by atoms with Crippen LogP contribution in [-0.4, -0.2) is 39.1 Å². The van der Waals surface area contributed by atoms with Crippen LogP contribution in [0.4, 0.5) is 5.69 Å². The molecule has 28 heavy (non-hydrogen) atoms. The first-order valence-electron chi connectivity index (χ1n) is 8.62. The summed E-state index contributed by atoms with van der Waals surface area (Å²) in [6.45, 7) is 1.99. The minimum atomic E-state index is -3.78. The van der Waals surface area contributed by atoms with Crippen molar-refractivity contribution in [1.82, 2.24) is 15.4 Å². The van der Waals surface area contributed by atoms with Crippen molar-refractivity contribution in [2.45, 2.75) is 19.2 Å². The second-order valence-corrected chi connectivity index (χ2v) is 7.75. The quantitative estimate of drug-likeness (QED) is 0.386. The molecule has 0 aliphatic carbocycles. The number of hydroxylamine groups is 1. The monoisotopic (exact) mass is 408 g/mol. The molecule has 0 saturated carbocycles. The van der Waals surface area contributed by atoms with Gasteiger partial charge in [0.15, 0.2) is 0 Å². The van der Waals surface area contributed by atoms with E-state index < -0.39 is 15.6 Å². The number of carbonyl (C=O) groups excluding carboxylic acids is 1. The van der Waals surface area contributed by atoms with Gasteiger partial charge in [0, 0.05) is 19.3 Å². The van der Waals surface area contributed by atoms with Gasteiger partial charge in [-0.2, -0.15) is 0 Å². The molecule has 1 heterocycles. The number of amides is 1. The van der Waals surface area contributed by atoms with Crippen LogP contribution in [0.3, 0.4) is 0 Å². The van der Waals surface area contributed by atoms with E-state index in [0.717, 1.165) is 0 Å². The third-order valence-electron chi connectivity index (χ3n) is 3.83. The lowest BCUT2D eigenvalue weighted by Crippen LogP contribution is -2.36. The molecule has 10 heteroatoms. The van der Waals surface area contributed by atoms with Crippen LogP contribution in [0.1, 0.15) is 11.3 Å². The molecule has 0 unspecified atom stereocenters. The van der Waals surface area contributed by atoms with E-state index in [1.54, 1.807) is 50.4 Å². The highest BCUT2D eigenvalue weighted by atomic mass is 32.2. The second kappa shape index (κ2) is 10.0. The summed E-state index contributed by atoms with van der Waals surface area (Å²) in [4.78, 5) is 29.6. The average molecular weight is 408 g/mol. The molecule has 1 amide bonds. The molecular weight excluding hydrogens is 384 g/mol. The number of nitrogens with zero attached hydrogens (tertiary/aromatic N) is 1. The zero-order valence-corrected chi connectivity index (χ0v) is 16.6. The molecule has 0 spiro atoms. The topological polar surface area (TPSA) is 119 Å². The lowest BCUT2D eigenvalue weighted by molar-refractivity contribution is -0.122. The van der Waals surface area contributed by atoms with Gasteiger partial charge in [-0.05, 0) is 24.6 Å². The summed E-state index contributed by atoms with van der Waals surface area (Å²) in [5, 5.41) is 2.62. The van der Waals surface area contributed by atoms with E-state index in [1.165, 1.54) is 10.6 Å². The van der Waals surface area contributed by atoms with Crippen molar-refractivity contribution in [3.63, 3.8) is 0 Å². The normalized spacial score (nSPS) is 11.2. The standard InChI is InChI=1S/C18H24N4O5S/c1-14-8-9-16(21-28(25,26)13-15-6-4-3-5-7-15)18(24)22(14)12-17(23)20-10-11-27-19-2/h3-9,19,21H,10-13H2,1-2H3,(H,20,23). The van der Waals surface area contributed by atoms with Crippen molar-refractivity contribution in [2.75, 3.05) is 24.9 Å². The average Bonchev–Trinajstić information content (AvgIpc) is 2.65. The van der Waals surface area contributed by atoms with Crippen molar-refractivity contribution in [3.8, 4) is 0 Å². The second-order valence-electron chi connectivity index (χ2n) is 6.03. The molecule has 0 aliphatic heterocycles. The highest BCUT2D eigenvalue weighted by Gasteiger charge is 2.16. The number of rotatable bonds is 10. The van der Waals surface area contributed by atoms with Crippen LogP contribution in [0.2, 0.25) is 0 Å². The number of sulfonamides is 1. The molecule has 1 aromatic carbocycles. The van der Waals surface area contributed by atoms with Crippen molar-refractivity contribution in [1.29, 1.82) is 0 Å². The van der Waals surface area contributed by atoms with Gasteiger partial charge in [-0.25, -0.2) is 13.9 Å². The molecule has 0 fully saturated rings. The Morgan fingerprint density at radius 2 is 1.86 bits per heavy atom. The van der Waals surface area contributed by atoms with Gasteiger partial charge in [0.25, 0.3) is 5.56 Å². The number of carbonyl (C=O) groups is 1. The van der Waals surface area contributed by atoms with E-state index in [9.17, 15) is 18.0 Å². The summed E-state index contributed by atoms with van der Waals surface area (Å²) in [6.07, 6.45) is 0. The highest BCUT2D eigenvalue weighted by molar-refractivity contribution is 7.91. The summed E-state index contributed by atoms with van der Waals surface area (Å²) in [5.41, 5.74) is 2.94. The third-order valence-corrected chi connectivity index (χ3v) is 5.07. The Bertz CT molecular complexity index is 958. The Morgan fingerprint density at radius 3 is 2.54 bits per heavy atom. The summed E-state index contributed by atoms with van der Waals surface area (Å²) in [6, 6.07) is 11.6. The summed E-state index contributed by atoms with van der Waals surface area (Å²) >= 11 is 0. The largest absolute Gasteiger partial charge is 0.352 e. The molecule has 0 radical (unpaired) electrons. The minimum Gasteiger partial charge on any atom is -0.352 e. The smallest absolute Gasteiger partial charge is 0.275 e. The molecule has 9 nitrogen and oxygen atoms in total. The van der Waals surface area contributed by atoms with Gasteiger partial charge < -0.3 is 14.7 Å². The fourth-order valence-corrected chi connectivity index (χ4v) is 3.68. The van der Waals surface area contributed by atoms with Crippen LogP contribution in [0.25, 0.3) is 0 Å². The molecule has 0 bridgehead atoms. The van der Waals surface area contributed by atoms with Crippen LogP contribution in [0.15, 0.2) is 47.3 Å². The maximum atomic E-state index is 12.7. The number of pyridine rings is 1. The van der Waals surface area contributed by atoms with E-state index in [2.05, 4.69) is 15.5 Å². The van der Waals surface area contributed by atoms with Crippen LogP contribution in [-0.2, 0) is 32.0 Å². The van der Waals surface area contributed by atoms with Gasteiger partial charge in [-0.3, -0.25) is 14.3 Å². The molecule has 0 atom stereocenters. The molecular formula is C18H24N4O5S. The van der Waals surface area contributed by atoms with Gasteiger partial charge in [-0.1, -0.05) is 30.3 Å². The van der Waals surface area contributed by atoms with Crippen LogP contribution in [0, 0.1) is 6.92 Å². The van der Waals surface area contributed by atoms with E-state index in [0.29, 0.717) is 11.3 Å². The fourth-order valence-electron chi connectivity index (χ4n) is 2.49. The van der Waals surface area contributed by atoms with E-state index in [4.69, 9.17) is 4.84 Å². The molecule has 152 valence electrons. The number of anilines is 1. The Hall–Kier alpha value is -2.69. The van der Waals surface area contributed by atoms with Crippen molar-refractivity contribution in [2.24, 2.45) is 0 Å². The number of aryl methyl sites for hydroxylation is 1. The zero-order valence-electron chi connectivity index (χ0n) is 15.8. The van der Waals surface area contributed by atoms with E-state index in [-0.39, 0.29) is 37.0 Å². The number of benzene rings is 1. The Labute approximate surface area is 163 Å². The number of hydrogen-bond acceptors (Lipinski definition) is 6. The van der Waals surface area contributed by atoms with Gasteiger partial charge in [0.1, 0.15) is 12.2 Å². The van der Waals surface area contributed by atoms with Gasteiger partial charge in [0.05, 0.1) is 12.4 Å². The lowest BCUT2D eigenvalue weighted by atomic mass is 10.2. The molecule has 1 aromatic heterocycles. The van der Waals surface area contributed by atoms with Crippen LogP contribution >= 0.6 is 0 Å². The fraction of sp³-hybridized carbons (Fsp3) is 0.333. The third kappa shape index (κ3) is 6.48. The van der Waals surface area contributed by atoms with Gasteiger partial charge >= 0.3 is 0 Å². The first-order valence-corrected chi connectivity index (χ1v) is 10.3. The van der Waals surface area contributed by atoms with Crippen molar-refractivity contribution >= 4 is 21.6 Å².